The summed E-state index contributed by atoms with van der Waals surface area (Å²) in [4.78, 5) is 11.0. The molecule has 0 bridgehead atoms. The Bertz CT molecular complexity index is 166. The molecule has 0 aromatic rings. The summed E-state index contributed by atoms with van der Waals surface area (Å²) in [5, 5.41) is 11.0. The third kappa shape index (κ3) is 3.81. The summed E-state index contributed by atoms with van der Waals surface area (Å²) < 4.78 is 0. The van der Waals surface area contributed by atoms with Crippen LogP contribution in [0.5, 0.6) is 0 Å². The van der Waals surface area contributed by atoms with Crippen LogP contribution >= 0.6 is 0 Å². The monoisotopic (exact) mass is 155 g/mol. The summed E-state index contributed by atoms with van der Waals surface area (Å²) in [6.07, 6.45) is 1.20. The lowest BCUT2D eigenvalue weighted by atomic mass is 10.1. The number of hydrogen-bond acceptors (Lipinski definition) is 2. The number of allylic oxidation sites excluding steroid dienone is 2. The van der Waals surface area contributed by atoms with Crippen LogP contribution in [0.25, 0.3) is 0 Å². The maximum atomic E-state index is 11.0. The van der Waals surface area contributed by atoms with Crippen LogP contribution in [0.4, 0.5) is 0 Å². The third-order valence-electron chi connectivity index (χ3n) is 1.42. The van der Waals surface area contributed by atoms with E-state index < -0.39 is 0 Å². The van der Waals surface area contributed by atoms with E-state index in [0.29, 0.717) is 0 Å². The molecule has 0 saturated heterocycles. The SMILES string of the molecule is CC(C)C(=O)/C=C(\[O-])C(C)C. The van der Waals surface area contributed by atoms with E-state index in [9.17, 15) is 9.90 Å². The van der Waals surface area contributed by atoms with Gasteiger partial charge in [-0.15, -0.1) is 5.76 Å². The Morgan fingerprint density at radius 1 is 1.18 bits per heavy atom. The molecule has 2 nitrogen and oxygen atoms in total. The zero-order valence-electron chi connectivity index (χ0n) is 7.55. The van der Waals surface area contributed by atoms with Gasteiger partial charge in [0.25, 0.3) is 0 Å². The summed E-state index contributed by atoms with van der Waals surface area (Å²) in [6, 6.07) is 0. The molecule has 0 aromatic carbocycles. The van der Waals surface area contributed by atoms with Gasteiger partial charge in [-0.3, -0.25) is 4.79 Å². The second kappa shape index (κ2) is 4.16. The van der Waals surface area contributed by atoms with Gasteiger partial charge in [-0.1, -0.05) is 27.7 Å². The first-order valence-corrected chi connectivity index (χ1v) is 3.87. The molecule has 0 heterocycles. The highest BCUT2D eigenvalue weighted by Gasteiger charge is 2.02. The fourth-order valence-electron chi connectivity index (χ4n) is 0.474. The van der Waals surface area contributed by atoms with Crippen molar-refractivity contribution in [1.82, 2.24) is 0 Å². The smallest absolute Gasteiger partial charge is 0.157 e. The van der Waals surface area contributed by atoms with Gasteiger partial charge in [0.2, 0.25) is 0 Å². The zero-order chi connectivity index (χ0) is 9.02. The fourth-order valence-corrected chi connectivity index (χ4v) is 0.474. The van der Waals surface area contributed by atoms with Crippen LogP contribution in [-0.2, 0) is 4.79 Å². The van der Waals surface area contributed by atoms with Crippen molar-refractivity contribution in [3.63, 3.8) is 0 Å². The predicted octanol–water partition coefficient (Wildman–Crippen LogP) is 1.11. The minimum absolute atomic E-state index is 0.0716. The molecule has 0 spiro atoms. The van der Waals surface area contributed by atoms with Gasteiger partial charge in [0.1, 0.15) is 0 Å². The Hall–Kier alpha value is -0.790. The Morgan fingerprint density at radius 2 is 1.64 bits per heavy atom. The van der Waals surface area contributed by atoms with E-state index in [1.54, 1.807) is 27.7 Å². The van der Waals surface area contributed by atoms with Gasteiger partial charge in [0.15, 0.2) is 5.78 Å². The molecule has 0 saturated carbocycles. The van der Waals surface area contributed by atoms with Crippen LogP contribution < -0.4 is 5.11 Å². The van der Waals surface area contributed by atoms with Crippen molar-refractivity contribution in [2.24, 2.45) is 11.8 Å². The van der Waals surface area contributed by atoms with Crippen molar-refractivity contribution in [3.05, 3.63) is 11.8 Å². The van der Waals surface area contributed by atoms with Crippen molar-refractivity contribution in [2.45, 2.75) is 27.7 Å². The highest BCUT2D eigenvalue weighted by Crippen LogP contribution is 2.04. The van der Waals surface area contributed by atoms with Gasteiger partial charge in [-0.25, -0.2) is 0 Å². The van der Waals surface area contributed by atoms with Crippen molar-refractivity contribution in [1.29, 1.82) is 0 Å². The van der Waals surface area contributed by atoms with E-state index in [0.717, 1.165) is 0 Å². The molecule has 0 aromatic heterocycles. The molecule has 2 heteroatoms. The normalized spacial score (nSPS) is 12.7. The Kier molecular flexibility index (Phi) is 3.86. The minimum Gasteiger partial charge on any atom is -0.875 e. The molecule has 0 aliphatic heterocycles. The van der Waals surface area contributed by atoms with Crippen LogP contribution in [0.1, 0.15) is 27.7 Å². The molecule has 0 N–H and O–H groups in total. The van der Waals surface area contributed by atoms with E-state index in [2.05, 4.69) is 0 Å². The number of hydrogen-bond donors (Lipinski definition) is 0. The number of ketones is 1. The Balaban J connectivity index is 4.20. The third-order valence-corrected chi connectivity index (χ3v) is 1.42. The van der Waals surface area contributed by atoms with Crippen LogP contribution in [-0.4, -0.2) is 5.78 Å². The molecule has 64 valence electrons. The van der Waals surface area contributed by atoms with Crippen molar-refractivity contribution in [2.75, 3.05) is 0 Å². The summed E-state index contributed by atoms with van der Waals surface area (Å²) in [7, 11) is 0. The quantitative estimate of drug-likeness (QED) is 0.452. The summed E-state index contributed by atoms with van der Waals surface area (Å²) in [6.45, 7) is 7.14. The summed E-state index contributed by atoms with van der Waals surface area (Å²) >= 11 is 0. The van der Waals surface area contributed by atoms with Crippen LogP contribution in [0, 0.1) is 11.8 Å². The topological polar surface area (TPSA) is 40.1 Å². The number of carbonyl (C=O) groups is 1. The van der Waals surface area contributed by atoms with Crippen molar-refractivity contribution in [3.8, 4) is 0 Å². The molecular formula is C9H15O2-. The highest BCUT2D eigenvalue weighted by molar-refractivity contribution is 5.91. The molecule has 0 atom stereocenters. The van der Waals surface area contributed by atoms with E-state index >= 15 is 0 Å². The maximum absolute atomic E-state index is 11.0. The van der Waals surface area contributed by atoms with Crippen LogP contribution in [0.2, 0.25) is 0 Å². The highest BCUT2D eigenvalue weighted by atomic mass is 16.3. The van der Waals surface area contributed by atoms with Crippen LogP contribution in [0.3, 0.4) is 0 Å². The van der Waals surface area contributed by atoms with Gasteiger partial charge in [-0.2, -0.15) is 0 Å². The molecule has 0 radical (unpaired) electrons. The first kappa shape index (κ1) is 10.2. The maximum Gasteiger partial charge on any atom is 0.157 e. The first-order chi connectivity index (χ1) is 4.95. The minimum atomic E-state index is -0.0799. The molecule has 0 fully saturated rings. The Labute approximate surface area is 67.9 Å². The lowest BCUT2D eigenvalue weighted by Crippen LogP contribution is -2.14. The molecule has 11 heavy (non-hydrogen) atoms. The lowest BCUT2D eigenvalue weighted by Gasteiger charge is -2.15. The predicted molar refractivity (Wildman–Crippen MR) is 42.8 cm³/mol. The Morgan fingerprint density at radius 3 is 1.91 bits per heavy atom. The average Bonchev–Trinajstić information content (AvgIpc) is 1.87. The van der Waals surface area contributed by atoms with Crippen molar-refractivity contribution >= 4 is 5.78 Å². The van der Waals surface area contributed by atoms with Gasteiger partial charge >= 0.3 is 0 Å². The van der Waals surface area contributed by atoms with Gasteiger partial charge in [0, 0.05) is 5.92 Å². The first-order valence-electron chi connectivity index (χ1n) is 3.87. The van der Waals surface area contributed by atoms with Crippen LogP contribution in [0.15, 0.2) is 11.8 Å². The summed E-state index contributed by atoms with van der Waals surface area (Å²) in [5.74, 6) is -0.303. The van der Waals surface area contributed by atoms with Gasteiger partial charge < -0.3 is 5.11 Å². The molecular weight excluding hydrogens is 140 g/mol. The number of rotatable bonds is 3. The van der Waals surface area contributed by atoms with E-state index in [4.69, 9.17) is 0 Å². The van der Waals surface area contributed by atoms with Crippen molar-refractivity contribution < 1.29 is 9.90 Å². The second-order valence-corrected chi connectivity index (χ2v) is 3.26. The standard InChI is InChI=1S/C9H16O2/c1-6(2)8(10)5-9(11)7(3)4/h5-7,10H,1-4H3/p-1/b8-5-. The average molecular weight is 155 g/mol. The van der Waals surface area contributed by atoms with E-state index in [-0.39, 0.29) is 23.4 Å². The molecule has 0 amide bonds. The molecule has 0 aliphatic rings. The lowest BCUT2D eigenvalue weighted by molar-refractivity contribution is -0.313. The number of carbonyl (C=O) groups excluding carboxylic acids is 1. The van der Waals surface area contributed by atoms with Gasteiger partial charge in [0.05, 0.1) is 0 Å². The van der Waals surface area contributed by atoms with E-state index in [1.807, 2.05) is 0 Å². The van der Waals surface area contributed by atoms with E-state index in [1.165, 1.54) is 6.08 Å². The molecule has 0 unspecified atom stereocenters. The zero-order valence-corrected chi connectivity index (χ0v) is 7.55. The molecule has 0 aliphatic carbocycles. The molecule has 0 rings (SSSR count). The summed E-state index contributed by atoms with van der Waals surface area (Å²) in [5.41, 5.74) is 0. The second-order valence-electron chi connectivity index (χ2n) is 3.26. The van der Waals surface area contributed by atoms with Gasteiger partial charge in [-0.05, 0) is 12.0 Å². The largest absolute Gasteiger partial charge is 0.875 e. The fraction of sp³-hybridized carbons (Fsp3) is 0.667.